The maximum atomic E-state index is 13.0. The molecule has 2 N–H and O–H groups in total. The molecule has 3 aromatic rings. The molecule has 3 aromatic carbocycles. The van der Waals surface area contributed by atoms with Gasteiger partial charge in [0, 0.05) is 21.7 Å². The van der Waals surface area contributed by atoms with Gasteiger partial charge in [-0.25, -0.2) is 0 Å². The van der Waals surface area contributed by atoms with Crippen molar-refractivity contribution in [3.63, 3.8) is 0 Å². The van der Waals surface area contributed by atoms with Gasteiger partial charge >= 0.3 is 5.91 Å². The summed E-state index contributed by atoms with van der Waals surface area (Å²) in [6, 6.07) is 21.0. The lowest BCUT2D eigenvalue weighted by Crippen LogP contribution is -2.42. The number of nitrogens with zero attached hydrogens (tertiary/aromatic N) is 1. The molecule has 34 heavy (non-hydrogen) atoms. The van der Waals surface area contributed by atoms with Crippen LogP contribution in [-0.2, 0) is 4.79 Å². The first-order valence-corrected chi connectivity index (χ1v) is 11.5. The number of hydrogen-bond acceptors (Lipinski definition) is 3. The second kappa shape index (κ2) is 10.1. The van der Waals surface area contributed by atoms with E-state index >= 15 is 0 Å². The number of ether oxygens (including phenoxy) is 1. The zero-order chi connectivity index (χ0) is 24.2. The number of methoxy groups -OCH3 is 1. The Bertz CT molecular complexity index is 1200. The van der Waals surface area contributed by atoms with E-state index < -0.39 is 12.1 Å². The van der Waals surface area contributed by atoms with E-state index in [1.807, 2.05) is 42.6 Å². The first-order valence-electron chi connectivity index (χ1n) is 11.1. The molecular weight excluding hydrogens is 450 g/mol. The Hall–Kier alpha value is -3.64. The van der Waals surface area contributed by atoms with Crippen LogP contribution in [0.2, 0.25) is 5.02 Å². The van der Waals surface area contributed by atoms with Gasteiger partial charge in [0.1, 0.15) is 5.75 Å². The summed E-state index contributed by atoms with van der Waals surface area (Å²) in [5.41, 5.74) is 6.37. The molecule has 2 amide bonds. The Labute approximate surface area is 204 Å². The van der Waals surface area contributed by atoms with Gasteiger partial charge < -0.3 is 10.1 Å². The van der Waals surface area contributed by atoms with Crippen molar-refractivity contribution in [1.82, 2.24) is 10.7 Å². The third-order valence-electron chi connectivity index (χ3n) is 5.88. The van der Waals surface area contributed by atoms with E-state index in [0.29, 0.717) is 22.3 Å². The molecule has 0 bridgehead atoms. The van der Waals surface area contributed by atoms with E-state index in [1.165, 1.54) is 5.56 Å². The second-order valence-corrected chi connectivity index (χ2v) is 8.95. The first kappa shape index (κ1) is 23.5. The summed E-state index contributed by atoms with van der Waals surface area (Å²) in [5, 5.41) is 3.43. The van der Waals surface area contributed by atoms with Gasteiger partial charge in [-0.15, -0.1) is 10.1 Å². The fraction of sp³-hybridized carbons (Fsp3) is 0.222. The van der Waals surface area contributed by atoms with Gasteiger partial charge in [0.05, 0.1) is 7.11 Å². The number of amides is 2. The van der Waals surface area contributed by atoms with Gasteiger partial charge in [-0.3, -0.25) is 9.59 Å². The van der Waals surface area contributed by atoms with Crippen LogP contribution >= 0.6 is 11.6 Å². The molecule has 0 spiro atoms. The third kappa shape index (κ3) is 5.13. The molecular formula is C27H27ClN3O3+. The molecule has 0 aromatic heterocycles. The van der Waals surface area contributed by atoms with E-state index in [0.717, 1.165) is 11.1 Å². The number of hydrogen-bond donors (Lipinski definition) is 2. The average molecular weight is 477 g/mol. The number of carbonyl (C=O) groups is 2. The standard InChI is InChI=1S/C27H26ClN3O3/c1-17(2)19-6-4-18(5-7-19)16-31-25(20-10-14-23(34-3)15-11-20)24(27(33)30-31)29-26(32)21-8-12-22(28)13-9-21/h4-17,24-25H,1-3H3,(H-,29,30,32,33)/p+1/b31-16-/t24-,25+/m1/s1. The lowest BCUT2D eigenvalue weighted by Gasteiger charge is -2.15. The van der Waals surface area contributed by atoms with Crippen molar-refractivity contribution in [2.45, 2.75) is 31.8 Å². The summed E-state index contributed by atoms with van der Waals surface area (Å²) < 4.78 is 7.03. The molecule has 1 heterocycles. The van der Waals surface area contributed by atoms with Crippen LogP contribution in [0.15, 0.2) is 72.8 Å². The van der Waals surface area contributed by atoms with Crippen LogP contribution in [0, 0.1) is 0 Å². The summed E-state index contributed by atoms with van der Waals surface area (Å²) in [7, 11) is 1.60. The number of carbonyl (C=O) groups excluding carboxylic acids is 2. The minimum atomic E-state index is -0.803. The number of benzene rings is 3. The summed E-state index contributed by atoms with van der Waals surface area (Å²) in [6.45, 7) is 4.29. The van der Waals surface area contributed by atoms with E-state index in [9.17, 15) is 9.59 Å². The van der Waals surface area contributed by atoms with Crippen molar-refractivity contribution in [2.24, 2.45) is 0 Å². The Morgan fingerprint density at radius 1 is 1.03 bits per heavy atom. The van der Waals surface area contributed by atoms with Gasteiger partial charge in [0.15, 0.2) is 6.04 Å². The highest BCUT2D eigenvalue weighted by Gasteiger charge is 2.47. The van der Waals surface area contributed by atoms with E-state index in [1.54, 1.807) is 36.1 Å². The Kier molecular flexibility index (Phi) is 6.98. The van der Waals surface area contributed by atoms with E-state index in [2.05, 4.69) is 36.7 Å². The van der Waals surface area contributed by atoms with Crippen molar-refractivity contribution >= 4 is 29.6 Å². The summed E-state index contributed by atoms with van der Waals surface area (Å²) >= 11 is 5.94. The van der Waals surface area contributed by atoms with Crippen LogP contribution in [-0.4, -0.2) is 35.9 Å². The molecule has 0 radical (unpaired) electrons. The Balaban J connectivity index is 1.68. The topological polar surface area (TPSA) is 70.4 Å². The van der Waals surface area contributed by atoms with Crippen LogP contribution in [0.25, 0.3) is 0 Å². The molecule has 174 valence electrons. The van der Waals surface area contributed by atoms with E-state index in [-0.39, 0.29) is 11.8 Å². The fourth-order valence-corrected chi connectivity index (χ4v) is 4.06. The minimum Gasteiger partial charge on any atom is -0.497 e. The zero-order valence-electron chi connectivity index (χ0n) is 19.3. The zero-order valence-corrected chi connectivity index (χ0v) is 20.0. The number of nitrogens with one attached hydrogen (secondary N) is 2. The van der Waals surface area contributed by atoms with Crippen LogP contribution in [0.5, 0.6) is 5.75 Å². The van der Waals surface area contributed by atoms with Crippen molar-refractivity contribution < 1.29 is 19.0 Å². The quantitative estimate of drug-likeness (QED) is 0.515. The molecule has 0 saturated carbocycles. The highest BCUT2D eigenvalue weighted by molar-refractivity contribution is 6.30. The van der Waals surface area contributed by atoms with Crippen molar-refractivity contribution in [1.29, 1.82) is 0 Å². The lowest BCUT2D eigenvalue weighted by atomic mass is 9.99. The van der Waals surface area contributed by atoms with Crippen molar-refractivity contribution in [2.75, 3.05) is 7.11 Å². The normalized spacial score (nSPS) is 18.7. The van der Waals surface area contributed by atoms with E-state index in [4.69, 9.17) is 16.3 Å². The van der Waals surface area contributed by atoms with Crippen LogP contribution in [0.1, 0.15) is 52.9 Å². The molecule has 2 atom stereocenters. The predicted molar refractivity (Wildman–Crippen MR) is 133 cm³/mol. The number of rotatable bonds is 6. The monoisotopic (exact) mass is 476 g/mol. The highest BCUT2D eigenvalue weighted by Crippen LogP contribution is 2.27. The van der Waals surface area contributed by atoms with Gasteiger partial charge in [-0.1, -0.05) is 37.6 Å². The minimum absolute atomic E-state index is 0.293. The maximum Gasteiger partial charge on any atom is 0.304 e. The van der Waals surface area contributed by atoms with Gasteiger partial charge in [0.2, 0.25) is 12.3 Å². The Morgan fingerprint density at radius 2 is 1.68 bits per heavy atom. The number of halogens is 1. The molecule has 1 aliphatic heterocycles. The van der Waals surface area contributed by atoms with Crippen molar-refractivity contribution in [3.8, 4) is 5.75 Å². The van der Waals surface area contributed by atoms with Crippen LogP contribution in [0.4, 0.5) is 0 Å². The molecule has 0 unspecified atom stereocenters. The van der Waals surface area contributed by atoms with Crippen molar-refractivity contribution in [3.05, 3.63) is 100 Å². The SMILES string of the molecule is COc1ccc([C@H]2[C@@H](NC(=O)c3ccc(Cl)cc3)C(=O)N/[N+]2=C\c2ccc(C(C)C)cc2)cc1. The van der Waals surface area contributed by atoms with Gasteiger partial charge in [-0.2, -0.15) is 0 Å². The third-order valence-corrected chi connectivity index (χ3v) is 6.13. The number of hydrazine groups is 1. The van der Waals surface area contributed by atoms with Gasteiger partial charge in [-0.05, 0) is 72.1 Å². The summed E-state index contributed by atoms with van der Waals surface area (Å²) in [5.74, 6) is 0.499. The van der Waals surface area contributed by atoms with Crippen LogP contribution in [0.3, 0.4) is 0 Å². The first-order chi connectivity index (χ1) is 16.4. The number of hydrazone groups is 1. The summed E-state index contributed by atoms with van der Waals surface area (Å²) in [6.07, 6.45) is 1.88. The largest absolute Gasteiger partial charge is 0.497 e. The second-order valence-electron chi connectivity index (χ2n) is 8.51. The fourth-order valence-electron chi connectivity index (χ4n) is 3.93. The molecule has 1 aliphatic rings. The molecule has 0 aliphatic carbocycles. The highest BCUT2D eigenvalue weighted by atomic mass is 35.5. The molecule has 4 rings (SSSR count). The average Bonchev–Trinajstić information content (AvgIpc) is 3.14. The molecule has 1 fully saturated rings. The van der Waals surface area contributed by atoms with Gasteiger partial charge in [0.25, 0.3) is 5.91 Å². The predicted octanol–water partition coefficient (Wildman–Crippen LogP) is 4.49. The summed E-state index contributed by atoms with van der Waals surface area (Å²) in [4.78, 5) is 25.9. The maximum absolute atomic E-state index is 13.0. The smallest absolute Gasteiger partial charge is 0.304 e. The molecule has 6 nitrogen and oxygen atoms in total. The van der Waals surface area contributed by atoms with Crippen LogP contribution < -0.4 is 15.5 Å². The lowest BCUT2D eigenvalue weighted by molar-refractivity contribution is -0.596. The molecule has 7 heteroatoms. The Morgan fingerprint density at radius 3 is 2.26 bits per heavy atom. The molecule has 1 saturated heterocycles.